The molecule has 1 aromatic carbocycles. The first-order valence-corrected chi connectivity index (χ1v) is 6.73. The summed E-state index contributed by atoms with van der Waals surface area (Å²) >= 11 is 5.94. The van der Waals surface area contributed by atoms with Crippen molar-refractivity contribution < 1.29 is 18.0 Å². The van der Waals surface area contributed by atoms with Crippen LogP contribution in [0.25, 0.3) is 0 Å². The molecule has 0 unspecified atom stereocenters. The van der Waals surface area contributed by atoms with Gasteiger partial charge in [0.1, 0.15) is 6.54 Å². The largest absolute Gasteiger partial charge is 0.435 e. The highest BCUT2D eigenvalue weighted by Gasteiger charge is 2.34. The standard InChI is InChI=1S/C14H13ClF3N3O/c1-8-6-12(14(16,17)18)20-21(8)7-13(22)19-11-5-3-4-10(15)9(11)2/h3-6H,7H2,1-2H3,(H,19,22). The molecule has 0 radical (unpaired) electrons. The van der Waals surface area contributed by atoms with E-state index in [1.54, 1.807) is 25.1 Å². The SMILES string of the molecule is Cc1c(Cl)cccc1NC(=O)Cn1nc(C(F)(F)F)cc1C. The fourth-order valence-corrected chi connectivity index (χ4v) is 2.05. The summed E-state index contributed by atoms with van der Waals surface area (Å²) < 4.78 is 38.7. The Balaban J connectivity index is 2.13. The molecule has 118 valence electrons. The second kappa shape index (κ2) is 6.00. The summed E-state index contributed by atoms with van der Waals surface area (Å²) in [5.74, 6) is -0.481. The minimum absolute atomic E-state index is 0.255. The summed E-state index contributed by atoms with van der Waals surface area (Å²) in [6, 6.07) is 5.92. The summed E-state index contributed by atoms with van der Waals surface area (Å²) in [5.41, 5.74) is 0.436. The fraction of sp³-hybridized carbons (Fsp3) is 0.286. The molecular weight excluding hydrogens is 319 g/mol. The van der Waals surface area contributed by atoms with Gasteiger partial charge >= 0.3 is 6.18 Å². The zero-order valence-electron chi connectivity index (χ0n) is 11.8. The minimum Gasteiger partial charge on any atom is -0.324 e. The number of rotatable bonds is 3. The Kier molecular flexibility index (Phi) is 4.46. The van der Waals surface area contributed by atoms with Crippen molar-refractivity contribution in [2.45, 2.75) is 26.6 Å². The van der Waals surface area contributed by atoms with Crippen molar-refractivity contribution in [1.82, 2.24) is 9.78 Å². The monoisotopic (exact) mass is 331 g/mol. The third-order valence-electron chi connectivity index (χ3n) is 3.11. The number of aromatic nitrogens is 2. The highest BCUT2D eigenvalue weighted by atomic mass is 35.5. The number of benzene rings is 1. The molecule has 0 aliphatic rings. The van der Waals surface area contributed by atoms with E-state index in [2.05, 4.69) is 10.4 Å². The molecule has 22 heavy (non-hydrogen) atoms. The normalized spacial score (nSPS) is 11.5. The van der Waals surface area contributed by atoms with Crippen molar-refractivity contribution in [1.29, 1.82) is 0 Å². The number of carbonyl (C=O) groups excluding carboxylic acids is 1. The Morgan fingerprint density at radius 2 is 2.05 bits per heavy atom. The van der Waals surface area contributed by atoms with Crippen LogP contribution in [-0.4, -0.2) is 15.7 Å². The molecule has 2 rings (SSSR count). The third kappa shape index (κ3) is 3.59. The van der Waals surface area contributed by atoms with E-state index in [-0.39, 0.29) is 12.2 Å². The molecular formula is C14H13ClF3N3O. The van der Waals surface area contributed by atoms with Crippen LogP contribution in [0.5, 0.6) is 0 Å². The maximum absolute atomic E-state index is 12.6. The summed E-state index contributed by atoms with van der Waals surface area (Å²) in [6.07, 6.45) is -4.53. The van der Waals surface area contributed by atoms with Gasteiger partial charge in [0, 0.05) is 16.4 Å². The van der Waals surface area contributed by atoms with Crippen molar-refractivity contribution in [3.05, 3.63) is 46.2 Å². The van der Waals surface area contributed by atoms with E-state index in [0.717, 1.165) is 10.7 Å². The van der Waals surface area contributed by atoms with Gasteiger partial charge in [0.15, 0.2) is 5.69 Å². The van der Waals surface area contributed by atoms with Gasteiger partial charge < -0.3 is 5.32 Å². The van der Waals surface area contributed by atoms with E-state index in [9.17, 15) is 18.0 Å². The Bertz CT molecular complexity index is 710. The number of carbonyl (C=O) groups is 1. The molecule has 0 aliphatic heterocycles. The first-order chi connectivity index (χ1) is 10.2. The number of hydrogen-bond donors (Lipinski definition) is 1. The molecule has 1 aromatic heterocycles. The number of nitrogens with one attached hydrogen (secondary N) is 1. The van der Waals surface area contributed by atoms with Gasteiger partial charge in [0.25, 0.3) is 0 Å². The van der Waals surface area contributed by atoms with Crippen LogP contribution in [0.1, 0.15) is 17.0 Å². The number of nitrogens with zero attached hydrogens (tertiary/aromatic N) is 2. The van der Waals surface area contributed by atoms with E-state index in [0.29, 0.717) is 16.3 Å². The molecule has 1 N–H and O–H groups in total. The lowest BCUT2D eigenvalue weighted by molar-refractivity contribution is -0.141. The second-order valence-corrected chi connectivity index (χ2v) is 5.19. The van der Waals surface area contributed by atoms with E-state index < -0.39 is 17.8 Å². The molecule has 8 heteroatoms. The molecule has 1 heterocycles. The molecule has 0 fully saturated rings. The van der Waals surface area contributed by atoms with Crippen LogP contribution < -0.4 is 5.32 Å². The van der Waals surface area contributed by atoms with Crippen LogP contribution in [0, 0.1) is 13.8 Å². The predicted octanol–water partition coefficient (Wildman–Crippen LogP) is 3.81. The minimum atomic E-state index is -4.53. The average Bonchev–Trinajstić information content (AvgIpc) is 2.76. The van der Waals surface area contributed by atoms with Gasteiger partial charge in [0.05, 0.1) is 0 Å². The quantitative estimate of drug-likeness (QED) is 0.929. The molecule has 0 saturated heterocycles. The van der Waals surface area contributed by atoms with E-state index in [4.69, 9.17) is 11.6 Å². The zero-order chi connectivity index (χ0) is 16.5. The number of hydrogen-bond acceptors (Lipinski definition) is 2. The van der Waals surface area contributed by atoms with Crippen molar-refractivity contribution in [3.8, 4) is 0 Å². The lowest BCUT2D eigenvalue weighted by Crippen LogP contribution is -2.21. The highest BCUT2D eigenvalue weighted by molar-refractivity contribution is 6.31. The van der Waals surface area contributed by atoms with Crippen LogP contribution in [0.3, 0.4) is 0 Å². The number of alkyl halides is 3. The Labute approximate surface area is 129 Å². The predicted molar refractivity (Wildman–Crippen MR) is 76.8 cm³/mol. The van der Waals surface area contributed by atoms with Gasteiger partial charge in [-0.05, 0) is 37.6 Å². The summed E-state index contributed by atoms with van der Waals surface area (Å²) in [4.78, 5) is 12.0. The molecule has 4 nitrogen and oxygen atoms in total. The average molecular weight is 332 g/mol. The zero-order valence-corrected chi connectivity index (χ0v) is 12.6. The van der Waals surface area contributed by atoms with Crippen molar-refractivity contribution in [2.24, 2.45) is 0 Å². The molecule has 0 spiro atoms. The summed E-state index contributed by atoms with van der Waals surface area (Å²) in [7, 11) is 0. The molecule has 0 saturated carbocycles. The van der Waals surface area contributed by atoms with Crippen LogP contribution in [0.4, 0.5) is 18.9 Å². The molecule has 0 aliphatic carbocycles. The first kappa shape index (κ1) is 16.4. The lowest BCUT2D eigenvalue weighted by atomic mass is 10.2. The Morgan fingerprint density at radius 1 is 1.36 bits per heavy atom. The van der Waals surface area contributed by atoms with Crippen LogP contribution in [-0.2, 0) is 17.5 Å². The van der Waals surface area contributed by atoms with E-state index >= 15 is 0 Å². The number of halogens is 4. The first-order valence-electron chi connectivity index (χ1n) is 6.35. The van der Waals surface area contributed by atoms with E-state index in [1.807, 2.05) is 0 Å². The maximum Gasteiger partial charge on any atom is 0.435 e. The highest BCUT2D eigenvalue weighted by Crippen LogP contribution is 2.28. The van der Waals surface area contributed by atoms with Crippen LogP contribution in [0.15, 0.2) is 24.3 Å². The van der Waals surface area contributed by atoms with Crippen molar-refractivity contribution in [3.63, 3.8) is 0 Å². The van der Waals surface area contributed by atoms with Gasteiger partial charge in [-0.1, -0.05) is 17.7 Å². The Morgan fingerprint density at radius 3 is 2.64 bits per heavy atom. The number of aryl methyl sites for hydroxylation is 1. The van der Waals surface area contributed by atoms with Gasteiger partial charge in [-0.15, -0.1) is 0 Å². The van der Waals surface area contributed by atoms with Gasteiger partial charge in [0.2, 0.25) is 5.91 Å². The molecule has 0 bridgehead atoms. The van der Waals surface area contributed by atoms with Gasteiger partial charge in [-0.3, -0.25) is 9.48 Å². The second-order valence-electron chi connectivity index (χ2n) is 4.79. The van der Waals surface area contributed by atoms with Gasteiger partial charge in [-0.25, -0.2) is 0 Å². The maximum atomic E-state index is 12.6. The third-order valence-corrected chi connectivity index (χ3v) is 3.52. The molecule has 0 atom stereocenters. The van der Waals surface area contributed by atoms with Crippen LogP contribution in [0.2, 0.25) is 5.02 Å². The topological polar surface area (TPSA) is 46.9 Å². The van der Waals surface area contributed by atoms with Crippen molar-refractivity contribution in [2.75, 3.05) is 5.32 Å². The Hall–Kier alpha value is -2.02. The summed E-state index contributed by atoms with van der Waals surface area (Å²) in [5, 5.41) is 6.51. The van der Waals surface area contributed by atoms with E-state index in [1.165, 1.54) is 6.92 Å². The molecule has 1 amide bonds. The van der Waals surface area contributed by atoms with Crippen molar-refractivity contribution >= 4 is 23.2 Å². The number of amides is 1. The van der Waals surface area contributed by atoms with Crippen LogP contribution >= 0.6 is 11.6 Å². The molecule has 2 aromatic rings. The summed E-state index contributed by atoms with van der Waals surface area (Å²) in [6.45, 7) is 2.88. The lowest BCUT2D eigenvalue weighted by Gasteiger charge is -2.10. The smallest absolute Gasteiger partial charge is 0.324 e. The number of anilines is 1. The fourth-order valence-electron chi connectivity index (χ4n) is 1.88. The van der Waals surface area contributed by atoms with Gasteiger partial charge in [-0.2, -0.15) is 18.3 Å².